The number of amides is 11. The quantitative estimate of drug-likeness (QED) is 0.0282. The number of phenolic OH excluding ortho intramolecular Hbond substituents is 1. The maximum Gasteiger partial charge on any atom is 0.246 e. The van der Waals surface area contributed by atoms with Crippen LogP contribution in [0, 0.1) is 5.92 Å². The van der Waals surface area contributed by atoms with Crippen molar-refractivity contribution >= 4 is 92.5 Å². The second-order valence-corrected chi connectivity index (χ2v) is 19.6. The first-order valence-electron chi connectivity index (χ1n) is 22.6. The Hall–Kier alpha value is -6.88. The summed E-state index contributed by atoms with van der Waals surface area (Å²) in [6, 6.07) is -5.44. The third-order valence-electron chi connectivity index (χ3n) is 11.0. The van der Waals surface area contributed by atoms with Crippen molar-refractivity contribution < 1.29 is 57.8 Å². The molecule has 20 N–H and O–H groups in total. The molecule has 1 aromatic carbocycles. The lowest BCUT2D eigenvalue weighted by atomic mass is 9.99. The molecule has 29 heteroatoms. The number of phenols is 1. The molecule has 0 saturated carbocycles. The van der Waals surface area contributed by atoms with Crippen LogP contribution in [0.5, 0.6) is 5.75 Å². The number of carbonyl (C=O) groups excluding carboxylic acids is 11. The lowest BCUT2D eigenvalue weighted by molar-refractivity contribution is -0.142. The molecule has 71 heavy (non-hydrogen) atoms. The van der Waals surface area contributed by atoms with E-state index in [9.17, 15) is 57.8 Å². The second-order valence-electron chi connectivity index (χ2n) is 17.1. The van der Waals surface area contributed by atoms with Crippen molar-refractivity contribution in [1.82, 2.24) is 42.1 Å². The first kappa shape index (κ1) is 58.4. The Morgan fingerprint density at radius 2 is 1.41 bits per heavy atom. The number of nitrogens with two attached hydrogens (primary N) is 6. The summed E-state index contributed by atoms with van der Waals surface area (Å²) in [6.45, 7) is 2.75. The third-order valence-corrected chi connectivity index (χ3v) is 13.4. The summed E-state index contributed by atoms with van der Waals surface area (Å²) in [5, 5.41) is 27.4. The minimum absolute atomic E-state index is 0.00506. The van der Waals surface area contributed by atoms with Crippen molar-refractivity contribution in [3.8, 4) is 5.75 Å². The predicted octanol–water partition coefficient (Wildman–Crippen LogP) is -5.99. The van der Waals surface area contributed by atoms with Crippen LogP contribution in [0.4, 0.5) is 0 Å². The van der Waals surface area contributed by atoms with E-state index in [0.29, 0.717) is 12.0 Å². The number of hydrogen-bond donors (Lipinski definition) is 14. The van der Waals surface area contributed by atoms with E-state index >= 15 is 0 Å². The third kappa shape index (κ3) is 19.8. The monoisotopic (exact) mass is 1040 g/mol. The van der Waals surface area contributed by atoms with Gasteiger partial charge in [-0.1, -0.05) is 47.6 Å². The Balaban J connectivity index is 2.03. The van der Waals surface area contributed by atoms with Gasteiger partial charge in [-0.25, -0.2) is 0 Å². The van der Waals surface area contributed by atoms with Crippen LogP contribution in [0.25, 0.3) is 0 Å². The van der Waals surface area contributed by atoms with Gasteiger partial charge < -0.3 is 81.6 Å². The van der Waals surface area contributed by atoms with Gasteiger partial charge in [0.2, 0.25) is 65.0 Å². The zero-order valence-electron chi connectivity index (χ0n) is 39.3. The summed E-state index contributed by atoms with van der Waals surface area (Å²) in [7, 11) is 2.00. The maximum absolute atomic E-state index is 14.5. The Morgan fingerprint density at radius 3 is 2.03 bits per heavy atom. The molecule has 8 atom stereocenters. The fourth-order valence-corrected chi connectivity index (χ4v) is 9.52. The number of rotatable bonds is 18. The number of hydrogen-bond acceptors (Lipinski definition) is 16. The number of primary amides is 3. The van der Waals surface area contributed by atoms with Gasteiger partial charge >= 0.3 is 0 Å². The normalized spacial score (nSPS) is 23.4. The average molecular weight is 1040 g/mol. The zero-order valence-corrected chi connectivity index (χ0v) is 40.9. The van der Waals surface area contributed by atoms with Gasteiger partial charge in [-0.05, 0) is 55.7 Å². The Bertz CT molecular complexity index is 2150. The topological polar surface area (TPSA) is 464 Å². The highest BCUT2D eigenvalue weighted by molar-refractivity contribution is 8.76. The molecule has 0 aliphatic carbocycles. The van der Waals surface area contributed by atoms with Crippen LogP contribution in [0.3, 0.4) is 0 Å². The van der Waals surface area contributed by atoms with Crippen molar-refractivity contribution in [2.24, 2.45) is 45.3 Å². The molecule has 11 amide bonds. The molecule has 1 aromatic rings. The lowest BCUT2D eigenvalue weighted by Crippen LogP contribution is -2.61. The van der Waals surface area contributed by atoms with E-state index in [1.54, 1.807) is 13.8 Å². The molecule has 0 aromatic heterocycles. The minimum Gasteiger partial charge on any atom is -0.508 e. The predicted molar refractivity (Wildman–Crippen MR) is 260 cm³/mol. The highest BCUT2D eigenvalue weighted by Crippen LogP contribution is 2.26. The molecule has 2 heterocycles. The summed E-state index contributed by atoms with van der Waals surface area (Å²) >= 11 is 0. The molecular weight excluding hydrogens is 971 g/mol. The summed E-state index contributed by atoms with van der Waals surface area (Å²) in [5.74, 6) is -11.0. The lowest BCUT2D eigenvalue weighted by Gasteiger charge is -2.31. The molecule has 3 unspecified atom stereocenters. The van der Waals surface area contributed by atoms with E-state index in [2.05, 4.69) is 42.2 Å². The summed E-state index contributed by atoms with van der Waals surface area (Å²) < 4.78 is 0. The van der Waals surface area contributed by atoms with Crippen LogP contribution in [0.2, 0.25) is 0 Å². The molecule has 2 aliphatic heterocycles. The van der Waals surface area contributed by atoms with Gasteiger partial charge in [-0.2, -0.15) is 0 Å². The van der Waals surface area contributed by atoms with Crippen molar-refractivity contribution in [2.45, 2.75) is 114 Å². The number of likely N-dealkylation sites (tertiary alicyclic amines) is 1. The Labute approximate surface area is 416 Å². The van der Waals surface area contributed by atoms with Crippen molar-refractivity contribution in [3.05, 3.63) is 29.8 Å². The standard InChI is InChI=1S/C42H65N15O12S2/c1-20(2)33-40(68)52-25(11-12-30(44)59)36(64)54-27(16-31(45)60)37(65)55-28(19-71-70-18-23(43)34(62)53-26(38(66)56-33)15-21-7-9-22(58)10-8-21)41(69)57-14-4-6-29(57)39(67)51-24(5-3-13-49-42(47)48)35(63)50-17-32(46)61/h7-10,20,23-29,33,58H,3-6,11-19,43H2,1-2H3,(H2,44,59)(H2,45,60)(H2,46,61)(H,50,63)(H,51,67)(H,52,68)(H,53,62)(H,54,64)(H,55,65)(H,56,66)(H4,47,48,49)/t23-,24-,25-,26?,27?,28-,29-,33?/m0/s1. The van der Waals surface area contributed by atoms with Gasteiger partial charge in [-0.3, -0.25) is 57.7 Å². The molecule has 0 bridgehead atoms. The minimum atomic E-state index is -1.78. The van der Waals surface area contributed by atoms with E-state index in [0.717, 1.165) is 21.6 Å². The van der Waals surface area contributed by atoms with E-state index in [-0.39, 0.29) is 62.0 Å². The number of nitrogens with zero attached hydrogens (tertiary/aromatic N) is 2. The van der Waals surface area contributed by atoms with Gasteiger partial charge in [0, 0.05) is 37.4 Å². The summed E-state index contributed by atoms with van der Waals surface area (Å²) in [6.07, 6.45) is -1.15. The number of carbonyl (C=O) groups is 11. The van der Waals surface area contributed by atoms with Gasteiger partial charge in [-0.15, -0.1) is 0 Å². The zero-order chi connectivity index (χ0) is 52.9. The molecular formula is C42H65N15O12S2. The van der Waals surface area contributed by atoms with Gasteiger partial charge in [0.1, 0.15) is 48.0 Å². The fraction of sp³-hybridized carbons (Fsp3) is 0.571. The van der Waals surface area contributed by atoms with Crippen molar-refractivity contribution in [3.63, 3.8) is 0 Å². The van der Waals surface area contributed by atoms with E-state index in [1.807, 2.05) is 0 Å². The van der Waals surface area contributed by atoms with Crippen LogP contribution < -0.4 is 71.6 Å². The van der Waals surface area contributed by atoms with Crippen LogP contribution in [-0.2, 0) is 59.2 Å². The van der Waals surface area contributed by atoms with Gasteiger partial charge in [0.15, 0.2) is 5.96 Å². The second kappa shape index (κ2) is 28.7. The highest BCUT2D eigenvalue weighted by atomic mass is 33.1. The fourth-order valence-electron chi connectivity index (χ4n) is 7.25. The number of aliphatic imine (C=N–C) groups is 1. The van der Waals surface area contributed by atoms with Crippen molar-refractivity contribution in [2.75, 3.05) is 31.1 Å². The van der Waals surface area contributed by atoms with Gasteiger partial charge in [0.05, 0.1) is 19.0 Å². The maximum atomic E-state index is 14.5. The molecule has 0 radical (unpaired) electrons. The summed E-state index contributed by atoms with van der Waals surface area (Å²) in [4.78, 5) is 152. The molecule has 392 valence electrons. The van der Waals surface area contributed by atoms with E-state index < -0.39 is 145 Å². The molecule has 27 nitrogen and oxygen atoms in total. The van der Waals surface area contributed by atoms with Crippen LogP contribution in [0.1, 0.15) is 64.4 Å². The average Bonchev–Trinajstić information content (AvgIpc) is 3.80. The molecule has 2 aliphatic rings. The number of nitrogens with one attached hydrogen (secondary N) is 7. The van der Waals surface area contributed by atoms with Crippen LogP contribution in [0.15, 0.2) is 29.3 Å². The highest BCUT2D eigenvalue weighted by Gasteiger charge is 2.41. The number of guanidine groups is 1. The first-order valence-corrected chi connectivity index (χ1v) is 25.0. The van der Waals surface area contributed by atoms with Crippen molar-refractivity contribution in [1.29, 1.82) is 0 Å². The van der Waals surface area contributed by atoms with E-state index in [1.165, 1.54) is 29.2 Å². The summed E-state index contributed by atoms with van der Waals surface area (Å²) in [5.41, 5.74) is 33.7. The Kier molecular flexibility index (Phi) is 23.6. The molecule has 3 rings (SSSR count). The number of aromatic hydroxyl groups is 1. The van der Waals surface area contributed by atoms with E-state index in [4.69, 9.17) is 34.4 Å². The molecule has 2 saturated heterocycles. The molecule has 2 fully saturated rings. The first-order chi connectivity index (χ1) is 33.5. The largest absolute Gasteiger partial charge is 0.508 e. The Morgan fingerprint density at radius 1 is 0.789 bits per heavy atom. The van der Waals surface area contributed by atoms with Crippen LogP contribution >= 0.6 is 21.6 Å². The SMILES string of the molecule is CC(C)C1NC(=O)C(Cc2ccc(O)cc2)NC(=O)[C@@H](N)CSSC[C@@H](C(=O)N2CCC[C@H]2C(=O)N[C@@H](CCCN=C(N)N)C(=O)NCC(N)=O)NC(=O)C(CC(N)=O)NC(=O)[C@H](CCC(N)=O)NC1=O. The van der Waals surface area contributed by atoms with Gasteiger partial charge in [0.25, 0.3) is 0 Å². The number of benzene rings is 1. The molecule has 0 spiro atoms. The smallest absolute Gasteiger partial charge is 0.246 e. The van der Waals surface area contributed by atoms with Crippen LogP contribution in [-0.4, -0.2) is 160 Å².